The van der Waals surface area contributed by atoms with E-state index in [2.05, 4.69) is 50.0 Å². The van der Waals surface area contributed by atoms with Gasteiger partial charge in [-0.1, -0.05) is 6.07 Å². The highest BCUT2D eigenvalue weighted by molar-refractivity contribution is 5.50. The lowest BCUT2D eigenvalue weighted by Crippen LogP contribution is -2.46. The summed E-state index contributed by atoms with van der Waals surface area (Å²) < 4.78 is 1.87. The third-order valence-corrected chi connectivity index (χ3v) is 5.07. The maximum atomic E-state index is 8.95. The van der Waals surface area contributed by atoms with Gasteiger partial charge in [0, 0.05) is 45.1 Å². The molecule has 0 amide bonds. The third-order valence-electron chi connectivity index (χ3n) is 5.07. The SMILES string of the molecule is Cc1cc(-n2cccn2)ccc1CN1CCN(c2ncc(C#N)c(N)n2)CC1. The number of hydrogen-bond acceptors (Lipinski definition) is 7. The molecule has 4 rings (SSSR count). The number of anilines is 2. The number of nitrogens with zero attached hydrogens (tertiary/aromatic N) is 7. The van der Waals surface area contributed by atoms with Crippen molar-refractivity contribution in [3.8, 4) is 11.8 Å². The molecule has 8 heteroatoms. The van der Waals surface area contributed by atoms with Crippen LogP contribution in [0, 0.1) is 18.3 Å². The van der Waals surface area contributed by atoms with E-state index in [1.165, 1.54) is 17.3 Å². The van der Waals surface area contributed by atoms with Crippen LogP contribution in [0.2, 0.25) is 0 Å². The summed E-state index contributed by atoms with van der Waals surface area (Å²) in [6, 6.07) is 10.4. The van der Waals surface area contributed by atoms with Gasteiger partial charge in [0.2, 0.25) is 5.95 Å². The average Bonchev–Trinajstić information content (AvgIpc) is 3.25. The van der Waals surface area contributed by atoms with Crippen LogP contribution in [0.4, 0.5) is 11.8 Å². The van der Waals surface area contributed by atoms with E-state index in [0.717, 1.165) is 38.4 Å². The lowest BCUT2D eigenvalue weighted by atomic mass is 10.1. The van der Waals surface area contributed by atoms with Crippen LogP contribution in [0.3, 0.4) is 0 Å². The Morgan fingerprint density at radius 1 is 1.21 bits per heavy atom. The maximum Gasteiger partial charge on any atom is 0.227 e. The van der Waals surface area contributed by atoms with E-state index in [4.69, 9.17) is 11.0 Å². The van der Waals surface area contributed by atoms with Crippen molar-refractivity contribution in [1.29, 1.82) is 5.26 Å². The molecule has 1 aliphatic heterocycles. The van der Waals surface area contributed by atoms with Gasteiger partial charge in [-0.2, -0.15) is 15.3 Å². The number of nitriles is 1. The summed E-state index contributed by atoms with van der Waals surface area (Å²) in [5.74, 6) is 0.832. The highest BCUT2D eigenvalue weighted by Crippen LogP contribution is 2.19. The molecule has 1 aromatic carbocycles. The predicted molar refractivity (Wildman–Crippen MR) is 107 cm³/mol. The van der Waals surface area contributed by atoms with E-state index in [-0.39, 0.29) is 5.82 Å². The monoisotopic (exact) mass is 374 g/mol. The van der Waals surface area contributed by atoms with E-state index >= 15 is 0 Å². The highest BCUT2D eigenvalue weighted by atomic mass is 15.3. The van der Waals surface area contributed by atoms with E-state index < -0.39 is 0 Å². The molecule has 28 heavy (non-hydrogen) atoms. The Morgan fingerprint density at radius 3 is 2.68 bits per heavy atom. The number of nitrogens with two attached hydrogens (primary N) is 1. The van der Waals surface area contributed by atoms with Gasteiger partial charge >= 0.3 is 0 Å². The normalized spacial score (nSPS) is 14.8. The predicted octanol–water partition coefficient (Wildman–Crippen LogP) is 1.75. The van der Waals surface area contributed by atoms with E-state index in [9.17, 15) is 0 Å². The Hall–Kier alpha value is -3.44. The fourth-order valence-electron chi connectivity index (χ4n) is 3.39. The molecule has 0 radical (unpaired) electrons. The van der Waals surface area contributed by atoms with Crippen molar-refractivity contribution < 1.29 is 0 Å². The van der Waals surface area contributed by atoms with Crippen molar-refractivity contribution in [3.05, 3.63) is 59.5 Å². The van der Waals surface area contributed by atoms with Crippen LogP contribution in [0.25, 0.3) is 5.69 Å². The van der Waals surface area contributed by atoms with E-state index in [1.54, 1.807) is 6.20 Å². The van der Waals surface area contributed by atoms with Gasteiger partial charge in [0.15, 0.2) is 0 Å². The van der Waals surface area contributed by atoms with Gasteiger partial charge < -0.3 is 10.6 Å². The number of hydrogen-bond donors (Lipinski definition) is 1. The first-order valence-corrected chi connectivity index (χ1v) is 9.23. The summed E-state index contributed by atoms with van der Waals surface area (Å²) in [7, 11) is 0. The van der Waals surface area contributed by atoms with Crippen LogP contribution >= 0.6 is 0 Å². The first kappa shape index (κ1) is 17.9. The Morgan fingerprint density at radius 2 is 2.04 bits per heavy atom. The fraction of sp³-hybridized carbons (Fsp3) is 0.300. The van der Waals surface area contributed by atoms with Crippen molar-refractivity contribution in [3.63, 3.8) is 0 Å². The highest BCUT2D eigenvalue weighted by Gasteiger charge is 2.20. The molecule has 0 spiro atoms. The molecule has 2 N–H and O–H groups in total. The summed E-state index contributed by atoms with van der Waals surface area (Å²) in [6.45, 7) is 6.56. The minimum atomic E-state index is 0.239. The molecule has 0 atom stereocenters. The van der Waals surface area contributed by atoms with Gasteiger partial charge in [0.05, 0.1) is 11.9 Å². The molecule has 1 fully saturated rings. The molecule has 0 unspecified atom stereocenters. The van der Waals surface area contributed by atoms with Crippen LogP contribution in [0.1, 0.15) is 16.7 Å². The summed E-state index contributed by atoms with van der Waals surface area (Å²) in [4.78, 5) is 13.1. The largest absolute Gasteiger partial charge is 0.382 e. The molecule has 3 heterocycles. The zero-order chi connectivity index (χ0) is 19.5. The van der Waals surface area contributed by atoms with Crippen LogP contribution in [0.5, 0.6) is 0 Å². The molecule has 142 valence electrons. The average molecular weight is 374 g/mol. The standard InChI is InChI=1S/C20H22N8/c1-15-11-18(28-6-2-5-24-28)4-3-16(15)14-26-7-9-27(10-8-26)20-23-13-17(12-21)19(22)25-20/h2-6,11,13H,7-10,14H2,1H3,(H2,22,23,25). The summed E-state index contributed by atoms with van der Waals surface area (Å²) in [6.07, 6.45) is 5.23. The topological polar surface area (TPSA) is 99.9 Å². The number of nitrogen functional groups attached to an aromatic ring is 1. The Kier molecular flexibility index (Phi) is 4.91. The van der Waals surface area contributed by atoms with Crippen LogP contribution in [-0.2, 0) is 6.54 Å². The summed E-state index contributed by atoms with van der Waals surface area (Å²) >= 11 is 0. The number of benzene rings is 1. The molecule has 0 saturated carbocycles. The Balaban J connectivity index is 1.38. The van der Waals surface area contributed by atoms with Crippen molar-refractivity contribution in [2.75, 3.05) is 36.8 Å². The smallest absolute Gasteiger partial charge is 0.227 e. The van der Waals surface area contributed by atoms with E-state index in [1.807, 2.05) is 23.0 Å². The van der Waals surface area contributed by atoms with Crippen molar-refractivity contribution in [2.24, 2.45) is 0 Å². The first-order chi connectivity index (χ1) is 13.6. The molecular formula is C20H22N8. The molecule has 0 aliphatic carbocycles. The second-order valence-corrected chi connectivity index (χ2v) is 6.91. The van der Waals surface area contributed by atoms with Gasteiger partial charge in [0.1, 0.15) is 17.5 Å². The minimum absolute atomic E-state index is 0.239. The second kappa shape index (κ2) is 7.66. The lowest BCUT2D eigenvalue weighted by molar-refractivity contribution is 0.248. The van der Waals surface area contributed by atoms with Crippen LogP contribution in [-0.4, -0.2) is 50.8 Å². The van der Waals surface area contributed by atoms with Gasteiger partial charge in [-0.05, 0) is 36.2 Å². The van der Waals surface area contributed by atoms with Gasteiger partial charge in [-0.25, -0.2) is 9.67 Å². The molecule has 8 nitrogen and oxygen atoms in total. The van der Waals surface area contributed by atoms with Crippen molar-refractivity contribution in [2.45, 2.75) is 13.5 Å². The molecule has 0 bridgehead atoms. The number of aromatic nitrogens is 4. The van der Waals surface area contributed by atoms with Crippen LogP contribution < -0.4 is 10.6 Å². The zero-order valence-corrected chi connectivity index (χ0v) is 15.8. The van der Waals surface area contributed by atoms with E-state index in [0.29, 0.717) is 11.5 Å². The van der Waals surface area contributed by atoms with Crippen molar-refractivity contribution in [1.82, 2.24) is 24.6 Å². The Bertz CT molecular complexity index is 998. The molecule has 2 aromatic heterocycles. The number of rotatable bonds is 4. The first-order valence-electron chi connectivity index (χ1n) is 9.23. The molecule has 1 aliphatic rings. The van der Waals surface area contributed by atoms with Crippen LogP contribution in [0.15, 0.2) is 42.9 Å². The molecule has 1 saturated heterocycles. The summed E-state index contributed by atoms with van der Waals surface area (Å²) in [5.41, 5.74) is 9.79. The van der Waals surface area contributed by atoms with Gasteiger partial charge in [0.25, 0.3) is 0 Å². The minimum Gasteiger partial charge on any atom is -0.382 e. The van der Waals surface area contributed by atoms with Crippen molar-refractivity contribution >= 4 is 11.8 Å². The number of piperazine rings is 1. The second-order valence-electron chi connectivity index (χ2n) is 6.91. The third kappa shape index (κ3) is 3.66. The molecular weight excluding hydrogens is 352 g/mol. The quantitative estimate of drug-likeness (QED) is 0.742. The molecule has 3 aromatic rings. The summed E-state index contributed by atoms with van der Waals surface area (Å²) in [5, 5.41) is 13.2. The lowest BCUT2D eigenvalue weighted by Gasteiger charge is -2.35. The Labute approximate surface area is 163 Å². The maximum absolute atomic E-state index is 8.95. The van der Waals surface area contributed by atoms with Gasteiger partial charge in [-0.3, -0.25) is 4.90 Å². The van der Waals surface area contributed by atoms with Gasteiger partial charge in [-0.15, -0.1) is 0 Å². The zero-order valence-electron chi connectivity index (χ0n) is 15.8. The number of aryl methyl sites for hydroxylation is 1. The fourth-order valence-corrected chi connectivity index (χ4v) is 3.39.